The molecular formula is C9H13F3O. The lowest BCUT2D eigenvalue weighted by molar-refractivity contribution is -0.183. The zero-order valence-electron chi connectivity index (χ0n) is 7.53. The van der Waals surface area contributed by atoms with Gasteiger partial charge in [-0.05, 0) is 25.7 Å². The fraction of sp³-hybridized carbons (Fsp3) is 0.889. The maximum Gasteiger partial charge on any atom is 0.392 e. The second-order valence-corrected chi connectivity index (χ2v) is 3.75. The molecule has 1 fully saturated rings. The number of alkyl halides is 3. The first-order chi connectivity index (χ1) is 5.91. The van der Waals surface area contributed by atoms with E-state index in [-0.39, 0.29) is 18.6 Å². The Labute approximate surface area is 75.3 Å². The highest BCUT2D eigenvalue weighted by atomic mass is 19.4. The van der Waals surface area contributed by atoms with E-state index in [4.69, 9.17) is 0 Å². The van der Waals surface area contributed by atoms with E-state index in [0.29, 0.717) is 12.8 Å². The number of carbonyl (C=O) groups excluding carboxylic acids is 1. The molecule has 2 unspecified atom stereocenters. The van der Waals surface area contributed by atoms with Gasteiger partial charge in [0.1, 0.15) is 5.78 Å². The van der Waals surface area contributed by atoms with E-state index in [1.165, 1.54) is 6.92 Å². The zero-order chi connectivity index (χ0) is 10.1. The molecule has 1 aliphatic carbocycles. The van der Waals surface area contributed by atoms with Crippen LogP contribution >= 0.6 is 0 Å². The molecule has 1 nitrogen and oxygen atoms in total. The van der Waals surface area contributed by atoms with Crippen LogP contribution in [0.2, 0.25) is 0 Å². The number of carbonyl (C=O) groups is 1. The van der Waals surface area contributed by atoms with Crippen molar-refractivity contribution < 1.29 is 18.0 Å². The summed E-state index contributed by atoms with van der Waals surface area (Å²) in [5, 5.41) is 0. The van der Waals surface area contributed by atoms with Crippen molar-refractivity contribution in [1.82, 2.24) is 0 Å². The number of halogens is 3. The standard InChI is InChI=1S/C9H13F3O/c1-6(13)5-7-3-2-4-8(7)9(10,11)12/h7-8H,2-5H2,1H3. The summed E-state index contributed by atoms with van der Waals surface area (Å²) in [6.07, 6.45) is -2.69. The predicted molar refractivity (Wildman–Crippen MR) is 42.2 cm³/mol. The first-order valence-corrected chi connectivity index (χ1v) is 4.47. The van der Waals surface area contributed by atoms with Crippen LogP contribution in [-0.4, -0.2) is 12.0 Å². The molecular weight excluding hydrogens is 181 g/mol. The van der Waals surface area contributed by atoms with E-state index in [1.54, 1.807) is 0 Å². The molecule has 0 aromatic heterocycles. The summed E-state index contributed by atoms with van der Waals surface area (Å²) in [5.74, 6) is -1.84. The van der Waals surface area contributed by atoms with E-state index in [0.717, 1.165) is 0 Å². The van der Waals surface area contributed by atoms with Crippen LogP contribution in [0.5, 0.6) is 0 Å². The van der Waals surface area contributed by atoms with Crippen molar-refractivity contribution in [3.05, 3.63) is 0 Å². The maximum absolute atomic E-state index is 12.3. The lowest BCUT2D eigenvalue weighted by Crippen LogP contribution is -2.27. The minimum absolute atomic E-state index is 0.0875. The minimum Gasteiger partial charge on any atom is -0.300 e. The molecule has 0 radical (unpaired) electrons. The molecule has 0 spiro atoms. The highest BCUT2D eigenvalue weighted by Gasteiger charge is 2.46. The topological polar surface area (TPSA) is 17.1 Å². The van der Waals surface area contributed by atoms with Gasteiger partial charge >= 0.3 is 6.18 Å². The Bertz CT molecular complexity index is 198. The lowest BCUT2D eigenvalue weighted by atomic mass is 9.91. The Morgan fingerprint density at radius 3 is 2.46 bits per heavy atom. The molecule has 0 aromatic carbocycles. The smallest absolute Gasteiger partial charge is 0.300 e. The van der Waals surface area contributed by atoms with Crippen LogP contribution in [0.25, 0.3) is 0 Å². The second kappa shape index (κ2) is 3.68. The summed E-state index contributed by atoms with van der Waals surface area (Å²) in [6, 6.07) is 0. The van der Waals surface area contributed by atoms with Crippen molar-refractivity contribution in [2.45, 2.75) is 38.8 Å². The van der Waals surface area contributed by atoms with Gasteiger partial charge in [-0.3, -0.25) is 0 Å². The average Bonchev–Trinajstić information content (AvgIpc) is 2.31. The van der Waals surface area contributed by atoms with Gasteiger partial charge in [-0.25, -0.2) is 0 Å². The summed E-state index contributed by atoms with van der Waals surface area (Å²) in [7, 11) is 0. The molecule has 1 rings (SSSR count). The van der Waals surface area contributed by atoms with Gasteiger partial charge in [0, 0.05) is 6.42 Å². The predicted octanol–water partition coefficient (Wildman–Crippen LogP) is 2.94. The van der Waals surface area contributed by atoms with Crippen LogP contribution in [0.1, 0.15) is 32.6 Å². The van der Waals surface area contributed by atoms with Crippen LogP contribution in [0.3, 0.4) is 0 Å². The van der Waals surface area contributed by atoms with E-state index in [1.807, 2.05) is 0 Å². The Morgan fingerprint density at radius 1 is 1.38 bits per heavy atom. The molecule has 0 heterocycles. The number of Topliss-reactive ketones (excluding diaryl/α,β-unsaturated/α-hetero) is 1. The number of hydrogen-bond acceptors (Lipinski definition) is 1. The van der Waals surface area contributed by atoms with Gasteiger partial charge in [-0.1, -0.05) is 6.42 Å². The van der Waals surface area contributed by atoms with E-state index >= 15 is 0 Å². The van der Waals surface area contributed by atoms with Gasteiger partial charge in [0.05, 0.1) is 5.92 Å². The number of rotatable bonds is 2. The van der Waals surface area contributed by atoms with Crippen molar-refractivity contribution >= 4 is 5.78 Å². The fourth-order valence-electron chi connectivity index (χ4n) is 2.08. The van der Waals surface area contributed by atoms with Crippen LogP contribution in [0.4, 0.5) is 13.2 Å². The van der Waals surface area contributed by atoms with Crippen molar-refractivity contribution in [3.63, 3.8) is 0 Å². The second-order valence-electron chi connectivity index (χ2n) is 3.75. The van der Waals surface area contributed by atoms with Crippen LogP contribution in [-0.2, 0) is 4.79 Å². The van der Waals surface area contributed by atoms with Gasteiger partial charge < -0.3 is 4.79 Å². The first-order valence-electron chi connectivity index (χ1n) is 4.47. The molecule has 0 N–H and O–H groups in total. The summed E-state index contributed by atoms with van der Waals surface area (Å²) >= 11 is 0. The summed E-state index contributed by atoms with van der Waals surface area (Å²) in [5.41, 5.74) is 0. The van der Waals surface area contributed by atoms with Gasteiger partial charge in [0.25, 0.3) is 0 Å². The summed E-state index contributed by atoms with van der Waals surface area (Å²) < 4.78 is 37.0. The third-order valence-corrected chi connectivity index (χ3v) is 2.63. The van der Waals surface area contributed by atoms with E-state index in [2.05, 4.69) is 0 Å². The minimum atomic E-state index is -4.11. The highest BCUT2D eigenvalue weighted by Crippen LogP contribution is 2.44. The molecule has 0 bridgehead atoms. The third kappa shape index (κ3) is 2.71. The van der Waals surface area contributed by atoms with Gasteiger partial charge in [0.2, 0.25) is 0 Å². The van der Waals surface area contributed by atoms with Crippen LogP contribution < -0.4 is 0 Å². The van der Waals surface area contributed by atoms with Gasteiger partial charge in [-0.2, -0.15) is 13.2 Å². The fourth-order valence-corrected chi connectivity index (χ4v) is 2.08. The highest BCUT2D eigenvalue weighted by molar-refractivity contribution is 5.75. The average molecular weight is 194 g/mol. The molecule has 1 saturated carbocycles. The summed E-state index contributed by atoms with van der Waals surface area (Å²) in [6.45, 7) is 1.35. The number of hydrogen-bond donors (Lipinski definition) is 0. The Kier molecular flexibility index (Phi) is 2.98. The van der Waals surface area contributed by atoms with E-state index in [9.17, 15) is 18.0 Å². The molecule has 4 heteroatoms. The van der Waals surface area contributed by atoms with Gasteiger partial charge in [0.15, 0.2) is 0 Å². The third-order valence-electron chi connectivity index (χ3n) is 2.63. The normalized spacial score (nSPS) is 29.2. The molecule has 2 atom stereocenters. The monoisotopic (exact) mass is 194 g/mol. The van der Waals surface area contributed by atoms with Crippen molar-refractivity contribution in [2.75, 3.05) is 0 Å². The number of ketones is 1. The molecule has 0 aliphatic heterocycles. The SMILES string of the molecule is CC(=O)CC1CCCC1C(F)(F)F. The summed E-state index contributed by atoms with van der Waals surface area (Å²) in [4.78, 5) is 10.7. The first kappa shape index (κ1) is 10.5. The molecule has 0 amide bonds. The maximum atomic E-state index is 12.3. The van der Waals surface area contributed by atoms with Crippen LogP contribution in [0.15, 0.2) is 0 Å². The quantitative estimate of drug-likeness (QED) is 0.660. The molecule has 1 aliphatic rings. The Balaban J connectivity index is 2.59. The van der Waals surface area contributed by atoms with Crippen molar-refractivity contribution in [3.8, 4) is 0 Å². The molecule has 0 saturated heterocycles. The van der Waals surface area contributed by atoms with E-state index < -0.39 is 18.0 Å². The Morgan fingerprint density at radius 2 is 2.00 bits per heavy atom. The molecule has 76 valence electrons. The van der Waals surface area contributed by atoms with Crippen molar-refractivity contribution in [2.24, 2.45) is 11.8 Å². The molecule has 0 aromatic rings. The molecule has 13 heavy (non-hydrogen) atoms. The van der Waals surface area contributed by atoms with Gasteiger partial charge in [-0.15, -0.1) is 0 Å². The van der Waals surface area contributed by atoms with Crippen LogP contribution in [0, 0.1) is 11.8 Å². The Hall–Kier alpha value is -0.540. The van der Waals surface area contributed by atoms with Crippen molar-refractivity contribution in [1.29, 1.82) is 0 Å². The lowest BCUT2D eigenvalue weighted by Gasteiger charge is -2.21. The zero-order valence-corrected chi connectivity index (χ0v) is 7.53. The largest absolute Gasteiger partial charge is 0.392 e.